The lowest BCUT2D eigenvalue weighted by molar-refractivity contribution is -0.137. The van der Waals surface area contributed by atoms with E-state index >= 15 is 0 Å². The van der Waals surface area contributed by atoms with Crippen molar-refractivity contribution in [1.82, 2.24) is 0 Å². The standard InChI is InChI=1S/C16H17NO3.ClH/c17-15(10-16(18)19)13-6-8-14(9-7-13)20-11-12-4-2-1-3-5-12;/h1-9,15H,10-11,17H2,(H,18,19);1H/t15-;/m1./s1. The van der Waals surface area contributed by atoms with E-state index in [1.165, 1.54) is 0 Å². The van der Waals surface area contributed by atoms with Gasteiger partial charge in [0.2, 0.25) is 0 Å². The van der Waals surface area contributed by atoms with E-state index < -0.39 is 12.0 Å². The van der Waals surface area contributed by atoms with Gasteiger partial charge in [-0.1, -0.05) is 42.5 Å². The fourth-order valence-corrected chi connectivity index (χ4v) is 1.86. The molecule has 0 heterocycles. The first-order valence-electron chi connectivity index (χ1n) is 6.39. The number of nitrogens with two attached hydrogens (primary N) is 1. The first kappa shape index (κ1) is 17.0. The fourth-order valence-electron chi connectivity index (χ4n) is 1.86. The highest BCUT2D eigenvalue weighted by atomic mass is 35.5. The SMILES string of the molecule is Cl.N[C@H](CC(=O)O)c1ccc(OCc2ccccc2)cc1. The third-order valence-corrected chi connectivity index (χ3v) is 2.95. The van der Waals surface area contributed by atoms with Gasteiger partial charge in [-0.05, 0) is 23.3 Å². The molecule has 2 aromatic carbocycles. The maximum absolute atomic E-state index is 10.6. The van der Waals surface area contributed by atoms with Gasteiger partial charge in [0, 0.05) is 6.04 Å². The summed E-state index contributed by atoms with van der Waals surface area (Å²) in [6.07, 6.45) is -0.0791. The zero-order chi connectivity index (χ0) is 14.4. The van der Waals surface area contributed by atoms with E-state index in [-0.39, 0.29) is 18.8 Å². The van der Waals surface area contributed by atoms with E-state index in [2.05, 4.69) is 0 Å². The predicted octanol–water partition coefficient (Wildman–Crippen LogP) is 3.16. The van der Waals surface area contributed by atoms with E-state index in [9.17, 15) is 4.79 Å². The molecule has 4 nitrogen and oxygen atoms in total. The number of benzene rings is 2. The van der Waals surface area contributed by atoms with E-state index in [1.54, 1.807) is 24.3 Å². The van der Waals surface area contributed by atoms with Crippen LogP contribution in [0.4, 0.5) is 0 Å². The van der Waals surface area contributed by atoms with Gasteiger partial charge in [0.05, 0.1) is 6.42 Å². The lowest BCUT2D eigenvalue weighted by Gasteiger charge is -2.11. The van der Waals surface area contributed by atoms with Gasteiger partial charge in [-0.3, -0.25) is 4.79 Å². The number of halogens is 1. The van der Waals surface area contributed by atoms with E-state index in [0.717, 1.165) is 16.9 Å². The van der Waals surface area contributed by atoms with Crippen molar-refractivity contribution in [3.8, 4) is 5.75 Å². The molecular formula is C16H18ClNO3. The average Bonchev–Trinajstić information content (AvgIpc) is 2.46. The molecule has 2 rings (SSSR count). The molecule has 112 valence electrons. The van der Waals surface area contributed by atoms with Gasteiger partial charge < -0.3 is 15.6 Å². The van der Waals surface area contributed by atoms with E-state index in [0.29, 0.717) is 6.61 Å². The van der Waals surface area contributed by atoms with Crippen molar-refractivity contribution < 1.29 is 14.6 Å². The molecule has 0 aromatic heterocycles. The van der Waals surface area contributed by atoms with Crippen molar-refractivity contribution in [2.24, 2.45) is 5.73 Å². The normalized spacial score (nSPS) is 11.3. The largest absolute Gasteiger partial charge is 0.489 e. The van der Waals surface area contributed by atoms with Crippen molar-refractivity contribution in [2.75, 3.05) is 0 Å². The summed E-state index contributed by atoms with van der Waals surface area (Å²) in [5.41, 5.74) is 7.68. The Balaban J connectivity index is 0.00000220. The quantitative estimate of drug-likeness (QED) is 0.860. The number of carboxylic acids is 1. The summed E-state index contributed by atoms with van der Waals surface area (Å²) in [5.74, 6) is -0.165. The zero-order valence-corrected chi connectivity index (χ0v) is 12.3. The van der Waals surface area contributed by atoms with Crippen LogP contribution in [-0.4, -0.2) is 11.1 Å². The maximum atomic E-state index is 10.6. The summed E-state index contributed by atoms with van der Waals surface area (Å²) >= 11 is 0. The van der Waals surface area contributed by atoms with Crippen molar-refractivity contribution in [2.45, 2.75) is 19.1 Å². The van der Waals surface area contributed by atoms with Crippen LogP contribution >= 0.6 is 12.4 Å². The Labute approximate surface area is 130 Å². The summed E-state index contributed by atoms with van der Waals surface area (Å²) in [4.78, 5) is 10.6. The first-order chi connectivity index (χ1) is 9.65. The second-order valence-electron chi connectivity index (χ2n) is 4.55. The highest BCUT2D eigenvalue weighted by Gasteiger charge is 2.10. The molecule has 0 aliphatic heterocycles. The van der Waals surface area contributed by atoms with Crippen molar-refractivity contribution in [3.05, 3.63) is 65.7 Å². The second kappa shape index (κ2) is 8.29. The predicted molar refractivity (Wildman–Crippen MR) is 83.6 cm³/mol. The maximum Gasteiger partial charge on any atom is 0.305 e. The molecular weight excluding hydrogens is 290 g/mol. The van der Waals surface area contributed by atoms with E-state index in [4.69, 9.17) is 15.6 Å². The lowest BCUT2D eigenvalue weighted by atomic mass is 10.0. The minimum Gasteiger partial charge on any atom is -0.489 e. The topological polar surface area (TPSA) is 72.6 Å². The van der Waals surface area contributed by atoms with Crippen LogP contribution in [0.25, 0.3) is 0 Å². The smallest absolute Gasteiger partial charge is 0.305 e. The van der Waals surface area contributed by atoms with Crippen LogP contribution in [0, 0.1) is 0 Å². The monoisotopic (exact) mass is 307 g/mol. The average molecular weight is 308 g/mol. The first-order valence-corrected chi connectivity index (χ1v) is 6.39. The van der Waals surface area contributed by atoms with Gasteiger partial charge in [0.1, 0.15) is 12.4 Å². The minimum absolute atomic E-state index is 0. The Bertz CT molecular complexity index is 557. The van der Waals surface area contributed by atoms with Crippen LogP contribution in [0.5, 0.6) is 5.75 Å². The molecule has 2 aromatic rings. The summed E-state index contributed by atoms with van der Waals surface area (Å²) in [7, 11) is 0. The summed E-state index contributed by atoms with van der Waals surface area (Å²) in [6.45, 7) is 0.501. The fraction of sp³-hybridized carbons (Fsp3) is 0.188. The molecule has 0 unspecified atom stereocenters. The van der Waals surface area contributed by atoms with Crippen molar-refractivity contribution >= 4 is 18.4 Å². The molecule has 0 radical (unpaired) electrons. The molecule has 3 N–H and O–H groups in total. The van der Waals surface area contributed by atoms with Gasteiger partial charge in [0.25, 0.3) is 0 Å². The summed E-state index contributed by atoms with van der Waals surface area (Å²) in [6, 6.07) is 16.6. The number of carbonyl (C=O) groups is 1. The Morgan fingerprint density at radius 2 is 1.71 bits per heavy atom. The van der Waals surface area contributed by atoms with Gasteiger partial charge >= 0.3 is 5.97 Å². The van der Waals surface area contributed by atoms with Gasteiger partial charge in [-0.25, -0.2) is 0 Å². The molecule has 1 atom stereocenters. The van der Waals surface area contributed by atoms with Crippen LogP contribution < -0.4 is 10.5 Å². The number of hydrogen-bond acceptors (Lipinski definition) is 3. The van der Waals surface area contributed by atoms with Gasteiger partial charge in [-0.15, -0.1) is 12.4 Å². The minimum atomic E-state index is -0.901. The van der Waals surface area contributed by atoms with E-state index in [1.807, 2.05) is 30.3 Å². The number of carboxylic acid groups (broad SMARTS) is 1. The summed E-state index contributed by atoms with van der Waals surface area (Å²) in [5, 5.41) is 8.71. The van der Waals surface area contributed by atoms with Gasteiger partial charge in [0.15, 0.2) is 0 Å². The van der Waals surface area contributed by atoms with Crippen molar-refractivity contribution in [3.63, 3.8) is 0 Å². The van der Waals surface area contributed by atoms with Crippen LogP contribution in [0.1, 0.15) is 23.6 Å². The number of hydrogen-bond donors (Lipinski definition) is 2. The highest BCUT2D eigenvalue weighted by molar-refractivity contribution is 5.85. The van der Waals surface area contributed by atoms with Crippen molar-refractivity contribution in [1.29, 1.82) is 0 Å². The summed E-state index contributed by atoms with van der Waals surface area (Å²) < 4.78 is 5.65. The second-order valence-corrected chi connectivity index (χ2v) is 4.55. The molecule has 0 spiro atoms. The molecule has 0 aliphatic rings. The molecule has 5 heteroatoms. The van der Waals surface area contributed by atoms with Crippen LogP contribution in [0.2, 0.25) is 0 Å². The Hall–Kier alpha value is -2.04. The third-order valence-electron chi connectivity index (χ3n) is 2.95. The highest BCUT2D eigenvalue weighted by Crippen LogP contribution is 2.19. The Morgan fingerprint density at radius 1 is 1.10 bits per heavy atom. The lowest BCUT2D eigenvalue weighted by Crippen LogP contribution is -2.14. The molecule has 0 aliphatic carbocycles. The molecule has 0 bridgehead atoms. The number of rotatable bonds is 6. The van der Waals surface area contributed by atoms with Crippen LogP contribution in [0.15, 0.2) is 54.6 Å². The number of ether oxygens (including phenoxy) is 1. The molecule has 0 fully saturated rings. The third kappa shape index (κ3) is 5.45. The molecule has 0 amide bonds. The molecule has 0 saturated carbocycles. The van der Waals surface area contributed by atoms with Crippen LogP contribution in [-0.2, 0) is 11.4 Å². The van der Waals surface area contributed by atoms with Gasteiger partial charge in [-0.2, -0.15) is 0 Å². The van der Waals surface area contributed by atoms with Crippen LogP contribution in [0.3, 0.4) is 0 Å². The Morgan fingerprint density at radius 3 is 2.29 bits per heavy atom. The molecule has 0 saturated heterocycles. The Kier molecular flexibility index (Phi) is 6.72. The zero-order valence-electron chi connectivity index (χ0n) is 11.4. The molecule has 21 heavy (non-hydrogen) atoms. The number of aliphatic carboxylic acids is 1.